The number of hydrogen-bond acceptors (Lipinski definition) is 6. The molecule has 0 saturated carbocycles. The fourth-order valence-corrected chi connectivity index (χ4v) is 3.81. The van der Waals surface area contributed by atoms with Gasteiger partial charge in [-0.15, -0.1) is 0 Å². The minimum Gasteiger partial charge on any atom is -0.335 e. The van der Waals surface area contributed by atoms with E-state index < -0.39 is 11.7 Å². The Balaban J connectivity index is 1.34. The minimum atomic E-state index is -0.651. The van der Waals surface area contributed by atoms with Gasteiger partial charge in [0.1, 0.15) is 17.4 Å². The number of aromatic nitrogens is 5. The molecule has 0 bridgehead atoms. The number of hydrogen-bond donors (Lipinski definition) is 0. The predicted octanol–water partition coefficient (Wildman–Crippen LogP) is 1.11. The largest absolute Gasteiger partial charge is 0.335 e. The summed E-state index contributed by atoms with van der Waals surface area (Å²) in [5, 5.41) is 4.17. The van der Waals surface area contributed by atoms with E-state index in [1.165, 1.54) is 16.0 Å². The lowest BCUT2D eigenvalue weighted by Gasteiger charge is -2.34. The molecule has 0 N–H and O–H groups in total. The van der Waals surface area contributed by atoms with Crippen LogP contribution in [0.5, 0.6) is 0 Å². The molecule has 4 heterocycles. The Bertz CT molecular complexity index is 1290. The summed E-state index contributed by atoms with van der Waals surface area (Å²) in [6.07, 6.45) is 7.77. The molecule has 1 aliphatic rings. The highest BCUT2D eigenvalue weighted by atomic mass is 16.2. The Morgan fingerprint density at radius 1 is 0.906 bits per heavy atom. The van der Waals surface area contributed by atoms with Crippen LogP contribution in [-0.4, -0.2) is 78.1 Å². The van der Waals surface area contributed by atoms with Crippen LogP contribution in [0.4, 0.5) is 0 Å². The first kappa shape index (κ1) is 19.6. The molecule has 0 atom stereocenters. The van der Waals surface area contributed by atoms with Gasteiger partial charge in [-0.25, -0.2) is 14.6 Å². The highest BCUT2D eigenvalue weighted by Crippen LogP contribution is 2.20. The van der Waals surface area contributed by atoms with E-state index in [1.807, 2.05) is 18.2 Å². The van der Waals surface area contributed by atoms with Gasteiger partial charge in [-0.1, -0.05) is 18.2 Å². The van der Waals surface area contributed by atoms with Crippen LogP contribution in [-0.2, 0) is 4.79 Å². The third-order valence-corrected chi connectivity index (χ3v) is 5.47. The lowest BCUT2D eigenvalue weighted by molar-refractivity contribution is -0.127. The van der Waals surface area contributed by atoms with Crippen molar-refractivity contribution in [1.29, 1.82) is 0 Å². The second-order valence-electron chi connectivity index (χ2n) is 7.35. The number of ketones is 1. The fourth-order valence-electron chi connectivity index (χ4n) is 3.81. The van der Waals surface area contributed by atoms with Crippen LogP contribution in [0.3, 0.4) is 0 Å². The van der Waals surface area contributed by atoms with Crippen molar-refractivity contribution in [3.63, 3.8) is 0 Å². The number of piperazine rings is 1. The SMILES string of the molecule is O=C(C(=O)N1CCN(C(=O)c2ccccc2)CC1)c1cn(-n2cccn2)c2cncnc12. The highest BCUT2D eigenvalue weighted by molar-refractivity contribution is 6.44. The standard InChI is InChI=1S/C22H19N7O3/c30-20(17-14-28(29-8-4-7-25-29)18-13-23-15-24-19(17)18)22(32)27-11-9-26(10-12-27)21(31)16-5-2-1-3-6-16/h1-8,13-15H,9-12H2. The van der Waals surface area contributed by atoms with E-state index in [0.717, 1.165) is 0 Å². The van der Waals surface area contributed by atoms with Gasteiger partial charge in [0.05, 0.1) is 18.0 Å². The number of fused-ring (bicyclic) bond motifs is 1. The molecule has 2 amide bonds. The lowest BCUT2D eigenvalue weighted by atomic mass is 10.1. The average molecular weight is 429 g/mol. The molecule has 0 aliphatic carbocycles. The molecule has 3 aromatic heterocycles. The van der Waals surface area contributed by atoms with E-state index >= 15 is 0 Å². The van der Waals surface area contributed by atoms with Crippen LogP contribution < -0.4 is 0 Å². The Kier molecular flexibility index (Phi) is 4.94. The summed E-state index contributed by atoms with van der Waals surface area (Å²) in [7, 11) is 0. The van der Waals surface area contributed by atoms with Crippen molar-refractivity contribution < 1.29 is 14.4 Å². The number of Topliss-reactive ketones (excluding diaryl/α,β-unsaturated/α-hetero) is 1. The number of nitrogens with zero attached hydrogens (tertiary/aromatic N) is 7. The van der Waals surface area contributed by atoms with Crippen LogP contribution in [0.15, 0.2) is 67.5 Å². The van der Waals surface area contributed by atoms with Crippen molar-refractivity contribution in [2.75, 3.05) is 26.2 Å². The molecule has 1 saturated heterocycles. The van der Waals surface area contributed by atoms with Crippen LogP contribution in [0.2, 0.25) is 0 Å². The van der Waals surface area contributed by atoms with Crippen molar-refractivity contribution in [3.05, 3.63) is 78.6 Å². The van der Waals surface area contributed by atoms with Crippen molar-refractivity contribution in [2.24, 2.45) is 0 Å². The smallest absolute Gasteiger partial charge is 0.295 e. The van der Waals surface area contributed by atoms with Gasteiger partial charge < -0.3 is 9.80 Å². The summed E-state index contributed by atoms with van der Waals surface area (Å²) in [4.78, 5) is 51.6. The van der Waals surface area contributed by atoms with E-state index in [4.69, 9.17) is 0 Å². The van der Waals surface area contributed by atoms with Gasteiger partial charge in [-0.3, -0.25) is 14.4 Å². The molecule has 10 nitrogen and oxygen atoms in total. The maximum atomic E-state index is 13.1. The van der Waals surface area contributed by atoms with Crippen LogP contribution in [0.1, 0.15) is 20.7 Å². The highest BCUT2D eigenvalue weighted by Gasteiger charge is 2.31. The summed E-state index contributed by atoms with van der Waals surface area (Å²) in [5.41, 5.74) is 1.73. The first-order valence-corrected chi connectivity index (χ1v) is 10.1. The van der Waals surface area contributed by atoms with E-state index in [2.05, 4.69) is 15.1 Å². The second-order valence-corrected chi connectivity index (χ2v) is 7.35. The van der Waals surface area contributed by atoms with Crippen molar-refractivity contribution in [2.45, 2.75) is 0 Å². The molecular formula is C22H19N7O3. The molecule has 0 radical (unpaired) electrons. The van der Waals surface area contributed by atoms with Gasteiger partial charge >= 0.3 is 0 Å². The fraction of sp³-hybridized carbons (Fsp3) is 0.182. The van der Waals surface area contributed by atoms with E-state index in [9.17, 15) is 14.4 Å². The number of amides is 2. The summed E-state index contributed by atoms with van der Waals surface area (Å²) in [6, 6.07) is 10.8. The van der Waals surface area contributed by atoms with Gasteiger partial charge in [0.25, 0.3) is 17.6 Å². The number of carbonyl (C=O) groups is 3. The Morgan fingerprint density at radius 2 is 1.66 bits per heavy atom. The van der Waals surface area contributed by atoms with Gasteiger partial charge in [-0.05, 0) is 18.2 Å². The molecule has 0 unspecified atom stereocenters. The lowest BCUT2D eigenvalue weighted by Crippen LogP contribution is -2.52. The Hall–Kier alpha value is -4.34. The molecule has 1 aromatic carbocycles. The first-order chi connectivity index (χ1) is 15.6. The van der Waals surface area contributed by atoms with Gasteiger partial charge in [-0.2, -0.15) is 9.89 Å². The van der Waals surface area contributed by atoms with Crippen LogP contribution >= 0.6 is 0 Å². The molecule has 10 heteroatoms. The van der Waals surface area contributed by atoms with Gasteiger partial charge in [0.2, 0.25) is 0 Å². The quantitative estimate of drug-likeness (QED) is 0.355. The number of carbonyl (C=O) groups excluding carboxylic acids is 3. The molecule has 4 aromatic rings. The maximum absolute atomic E-state index is 13.1. The molecule has 1 fully saturated rings. The molecule has 32 heavy (non-hydrogen) atoms. The zero-order valence-corrected chi connectivity index (χ0v) is 17.0. The molecular weight excluding hydrogens is 410 g/mol. The van der Waals surface area contributed by atoms with Crippen LogP contribution in [0, 0.1) is 0 Å². The molecule has 5 rings (SSSR count). The summed E-state index contributed by atoms with van der Waals surface area (Å²) in [6.45, 7) is 1.31. The van der Waals surface area contributed by atoms with Crippen molar-refractivity contribution >= 4 is 28.6 Å². The molecule has 1 aliphatic heterocycles. The zero-order chi connectivity index (χ0) is 22.1. The Labute approximate surface area is 182 Å². The monoisotopic (exact) mass is 429 g/mol. The zero-order valence-electron chi connectivity index (χ0n) is 17.0. The topological polar surface area (TPSA) is 106 Å². The summed E-state index contributed by atoms with van der Waals surface area (Å²) >= 11 is 0. The van der Waals surface area contributed by atoms with E-state index in [0.29, 0.717) is 29.7 Å². The van der Waals surface area contributed by atoms with Gasteiger partial charge in [0.15, 0.2) is 0 Å². The number of rotatable bonds is 4. The summed E-state index contributed by atoms with van der Waals surface area (Å²) < 4.78 is 1.62. The Morgan fingerprint density at radius 3 is 2.38 bits per heavy atom. The summed E-state index contributed by atoms with van der Waals surface area (Å²) in [5.74, 6) is -1.35. The van der Waals surface area contributed by atoms with Crippen molar-refractivity contribution in [1.82, 2.24) is 34.3 Å². The normalized spacial score (nSPS) is 14.0. The predicted molar refractivity (Wildman–Crippen MR) is 114 cm³/mol. The third-order valence-electron chi connectivity index (χ3n) is 5.47. The molecule has 0 spiro atoms. The molecule has 160 valence electrons. The van der Waals surface area contributed by atoms with E-state index in [-0.39, 0.29) is 24.6 Å². The third kappa shape index (κ3) is 3.41. The number of benzene rings is 1. The van der Waals surface area contributed by atoms with Crippen molar-refractivity contribution in [3.8, 4) is 0 Å². The van der Waals surface area contributed by atoms with E-state index in [1.54, 1.807) is 52.6 Å². The van der Waals surface area contributed by atoms with Crippen LogP contribution in [0.25, 0.3) is 11.0 Å². The minimum absolute atomic E-state index is 0.0805. The first-order valence-electron chi connectivity index (χ1n) is 10.1. The second kappa shape index (κ2) is 8.06. The maximum Gasteiger partial charge on any atom is 0.295 e. The van der Waals surface area contributed by atoms with Gasteiger partial charge in [0, 0.05) is 44.1 Å². The average Bonchev–Trinajstić information content (AvgIpc) is 3.51.